The van der Waals surface area contributed by atoms with Crippen LogP contribution in [0.15, 0.2) is 48.5 Å². The summed E-state index contributed by atoms with van der Waals surface area (Å²) >= 11 is 0. The number of amides is 1. The minimum Gasteiger partial charge on any atom is -0.494 e. The third-order valence-electron chi connectivity index (χ3n) is 4.06. The maximum absolute atomic E-state index is 12.3. The molecule has 0 radical (unpaired) electrons. The smallest absolute Gasteiger partial charge is 0.251 e. The Bertz CT molecular complexity index is 670. The van der Waals surface area contributed by atoms with Crippen LogP contribution in [0.3, 0.4) is 0 Å². The number of benzene rings is 2. The van der Waals surface area contributed by atoms with Crippen molar-refractivity contribution >= 4 is 5.91 Å². The summed E-state index contributed by atoms with van der Waals surface area (Å²) in [7, 11) is 0. The van der Waals surface area contributed by atoms with Crippen molar-refractivity contribution in [2.24, 2.45) is 0 Å². The number of ether oxygens (including phenoxy) is 2. The number of unbranched alkanes of at least 4 members (excludes halogenated alkanes) is 2. The van der Waals surface area contributed by atoms with Gasteiger partial charge in [-0.2, -0.15) is 0 Å². The molecule has 0 bridgehead atoms. The van der Waals surface area contributed by atoms with Gasteiger partial charge in [-0.1, -0.05) is 50.1 Å². The first kappa shape index (κ1) is 20.0. The zero-order valence-electron chi connectivity index (χ0n) is 15.8. The molecule has 0 saturated heterocycles. The highest BCUT2D eigenvalue weighted by atomic mass is 16.5. The average molecular weight is 355 g/mol. The van der Waals surface area contributed by atoms with E-state index in [0.717, 1.165) is 36.1 Å². The lowest BCUT2D eigenvalue weighted by atomic mass is 10.1. The van der Waals surface area contributed by atoms with Gasteiger partial charge in [0.1, 0.15) is 5.75 Å². The zero-order chi connectivity index (χ0) is 18.6. The van der Waals surface area contributed by atoms with E-state index in [2.05, 4.69) is 12.2 Å². The minimum absolute atomic E-state index is 0.0477. The summed E-state index contributed by atoms with van der Waals surface area (Å²) < 4.78 is 11.5. The zero-order valence-corrected chi connectivity index (χ0v) is 15.8. The summed E-state index contributed by atoms with van der Waals surface area (Å²) in [5.74, 6) is 0.719. The summed E-state index contributed by atoms with van der Waals surface area (Å²) in [5.41, 5.74) is 2.66. The maximum Gasteiger partial charge on any atom is 0.251 e. The van der Waals surface area contributed by atoms with Crippen LogP contribution < -0.4 is 10.1 Å². The normalized spacial score (nSPS) is 10.5. The van der Waals surface area contributed by atoms with Gasteiger partial charge in [-0.3, -0.25) is 4.79 Å². The predicted molar refractivity (Wildman–Crippen MR) is 104 cm³/mol. The molecule has 2 aromatic rings. The van der Waals surface area contributed by atoms with Gasteiger partial charge >= 0.3 is 0 Å². The lowest BCUT2D eigenvalue weighted by Crippen LogP contribution is -2.24. The predicted octanol–water partition coefficient (Wildman–Crippen LogP) is 4.72. The summed E-state index contributed by atoms with van der Waals surface area (Å²) in [6, 6.07) is 15.6. The van der Waals surface area contributed by atoms with Gasteiger partial charge in [0.15, 0.2) is 0 Å². The van der Waals surface area contributed by atoms with Crippen LogP contribution >= 0.6 is 0 Å². The number of carbonyl (C=O) groups excluding carboxylic acids is 1. The molecule has 0 aliphatic rings. The first-order chi connectivity index (χ1) is 12.7. The van der Waals surface area contributed by atoms with Crippen molar-refractivity contribution in [1.82, 2.24) is 5.32 Å². The Labute approximate surface area is 156 Å². The van der Waals surface area contributed by atoms with Crippen molar-refractivity contribution in [1.29, 1.82) is 0 Å². The molecule has 0 aromatic heterocycles. The largest absolute Gasteiger partial charge is 0.494 e. The van der Waals surface area contributed by atoms with Crippen LogP contribution in [0.25, 0.3) is 0 Å². The van der Waals surface area contributed by atoms with Gasteiger partial charge in [0.25, 0.3) is 5.91 Å². The monoisotopic (exact) mass is 355 g/mol. The molecule has 4 nitrogen and oxygen atoms in total. The Balaban J connectivity index is 1.98. The standard InChI is InChI=1S/C22H29NO3/c1-3-5-9-14-23-22(24)19-12-13-21(26-4-2)20(15-19)17-25-16-18-10-7-6-8-11-18/h6-8,10-13,15H,3-5,9,14,16-17H2,1-2H3,(H,23,24). The number of hydrogen-bond acceptors (Lipinski definition) is 3. The van der Waals surface area contributed by atoms with Gasteiger partial charge in [-0.25, -0.2) is 0 Å². The molecule has 0 aliphatic heterocycles. The Morgan fingerprint density at radius 1 is 1.00 bits per heavy atom. The van der Waals surface area contributed by atoms with E-state index in [1.54, 1.807) is 6.07 Å². The second-order valence-corrected chi connectivity index (χ2v) is 6.20. The van der Waals surface area contributed by atoms with Gasteiger partial charge < -0.3 is 14.8 Å². The summed E-state index contributed by atoms with van der Waals surface area (Å²) in [6.45, 7) is 6.31. The highest BCUT2D eigenvalue weighted by Gasteiger charge is 2.11. The maximum atomic E-state index is 12.3. The molecule has 1 N–H and O–H groups in total. The lowest BCUT2D eigenvalue weighted by molar-refractivity contribution is 0.0950. The molecule has 1 amide bonds. The molecular formula is C22H29NO3. The highest BCUT2D eigenvalue weighted by molar-refractivity contribution is 5.94. The van der Waals surface area contributed by atoms with Crippen LogP contribution in [-0.4, -0.2) is 19.1 Å². The van der Waals surface area contributed by atoms with Crippen molar-refractivity contribution in [2.45, 2.75) is 46.3 Å². The van der Waals surface area contributed by atoms with E-state index < -0.39 is 0 Å². The second kappa shape index (κ2) is 11.3. The first-order valence-electron chi connectivity index (χ1n) is 9.40. The number of hydrogen-bond donors (Lipinski definition) is 1. The topological polar surface area (TPSA) is 47.6 Å². The third-order valence-corrected chi connectivity index (χ3v) is 4.06. The number of carbonyl (C=O) groups is 1. The van der Waals surface area contributed by atoms with E-state index >= 15 is 0 Å². The molecule has 0 fully saturated rings. The number of nitrogens with one attached hydrogen (secondary N) is 1. The molecule has 2 aromatic carbocycles. The van der Waals surface area contributed by atoms with E-state index in [-0.39, 0.29) is 5.91 Å². The highest BCUT2D eigenvalue weighted by Crippen LogP contribution is 2.22. The average Bonchev–Trinajstić information content (AvgIpc) is 2.67. The molecule has 26 heavy (non-hydrogen) atoms. The Morgan fingerprint density at radius 3 is 2.54 bits per heavy atom. The Morgan fingerprint density at radius 2 is 1.81 bits per heavy atom. The fraction of sp³-hybridized carbons (Fsp3) is 0.409. The van der Waals surface area contributed by atoms with Crippen LogP contribution in [0.2, 0.25) is 0 Å². The van der Waals surface area contributed by atoms with Crippen LogP contribution in [0.4, 0.5) is 0 Å². The molecule has 0 saturated carbocycles. The minimum atomic E-state index is -0.0477. The fourth-order valence-corrected chi connectivity index (χ4v) is 2.66. The van der Waals surface area contributed by atoms with Gasteiger partial charge in [0, 0.05) is 17.7 Å². The molecule has 0 spiro atoms. The second-order valence-electron chi connectivity index (χ2n) is 6.20. The molecule has 0 atom stereocenters. The SMILES string of the molecule is CCCCCNC(=O)c1ccc(OCC)c(COCc2ccccc2)c1. The summed E-state index contributed by atoms with van der Waals surface area (Å²) in [6.07, 6.45) is 3.27. The van der Waals surface area contributed by atoms with E-state index in [0.29, 0.717) is 31.9 Å². The fourth-order valence-electron chi connectivity index (χ4n) is 2.66. The first-order valence-corrected chi connectivity index (χ1v) is 9.40. The number of rotatable bonds is 11. The van der Waals surface area contributed by atoms with Gasteiger partial charge in [0.2, 0.25) is 0 Å². The van der Waals surface area contributed by atoms with Gasteiger partial charge in [-0.05, 0) is 37.1 Å². The van der Waals surface area contributed by atoms with Crippen molar-refractivity contribution in [2.75, 3.05) is 13.2 Å². The molecule has 2 rings (SSSR count). The van der Waals surface area contributed by atoms with Gasteiger partial charge in [0.05, 0.1) is 19.8 Å². The molecule has 4 heteroatoms. The lowest BCUT2D eigenvalue weighted by Gasteiger charge is -2.13. The quantitative estimate of drug-likeness (QED) is 0.593. The molecule has 140 valence electrons. The Kier molecular flexibility index (Phi) is 8.70. The van der Waals surface area contributed by atoms with Crippen LogP contribution in [0, 0.1) is 0 Å². The van der Waals surface area contributed by atoms with Crippen molar-refractivity contribution in [3.05, 3.63) is 65.2 Å². The van der Waals surface area contributed by atoms with Crippen molar-refractivity contribution in [3.63, 3.8) is 0 Å². The van der Waals surface area contributed by atoms with E-state index in [1.807, 2.05) is 49.4 Å². The van der Waals surface area contributed by atoms with Crippen LogP contribution in [0.5, 0.6) is 5.75 Å². The van der Waals surface area contributed by atoms with E-state index in [9.17, 15) is 4.79 Å². The van der Waals surface area contributed by atoms with Crippen LogP contribution in [0.1, 0.15) is 54.6 Å². The molecule has 0 aliphatic carbocycles. The van der Waals surface area contributed by atoms with E-state index in [4.69, 9.17) is 9.47 Å². The molecular weight excluding hydrogens is 326 g/mol. The van der Waals surface area contributed by atoms with Crippen molar-refractivity contribution in [3.8, 4) is 5.75 Å². The molecule has 0 unspecified atom stereocenters. The molecule has 0 heterocycles. The summed E-state index contributed by atoms with van der Waals surface area (Å²) in [4.78, 5) is 12.3. The third kappa shape index (κ3) is 6.52. The Hall–Kier alpha value is -2.33. The van der Waals surface area contributed by atoms with Crippen LogP contribution in [-0.2, 0) is 18.0 Å². The van der Waals surface area contributed by atoms with Crippen molar-refractivity contribution < 1.29 is 14.3 Å². The summed E-state index contributed by atoms with van der Waals surface area (Å²) in [5, 5.41) is 2.97. The van der Waals surface area contributed by atoms with E-state index in [1.165, 1.54) is 0 Å². The van der Waals surface area contributed by atoms with Gasteiger partial charge in [-0.15, -0.1) is 0 Å².